The van der Waals surface area contributed by atoms with Crippen molar-refractivity contribution in [3.05, 3.63) is 0 Å². The summed E-state index contributed by atoms with van der Waals surface area (Å²) in [6.07, 6.45) is 8.55. The van der Waals surface area contributed by atoms with Gasteiger partial charge in [0.05, 0.1) is 6.54 Å². The first-order chi connectivity index (χ1) is 10.3. The van der Waals surface area contributed by atoms with Gasteiger partial charge in [0.1, 0.15) is 0 Å². The van der Waals surface area contributed by atoms with Crippen LogP contribution in [0.2, 0.25) is 0 Å². The zero-order chi connectivity index (χ0) is 14.2. The van der Waals surface area contributed by atoms with E-state index in [2.05, 4.69) is 15.1 Å². The van der Waals surface area contributed by atoms with E-state index in [4.69, 9.17) is 0 Å². The number of hydrogen-bond donors (Lipinski definition) is 1. The second kappa shape index (κ2) is 5.88. The van der Waals surface area contributed by atoms with Crippen molar-refractivity contribution in [2.75, 3.05) is 39.3 Å². The number of carbonyl (C=O) groups excluding carboxylic acids is 1. The van der Waals surface area contributed by atoms with Crippen LogP contribution in [0.5, 0.6) is 0 Å². The molecule has 1 aliphatic heterocycles. The average Bonchev–Trinajstić information content (AvgIpc) is 3.09. The molecule has 3 saturated carbocycles. The first-order valence-corrected chi connectivity index (χ1v) is 9.02. The Morgan fingerprint density at radius 3 is 2.43 bits per heavy atom. The Morgan fingerprint density at radius 1 is 1.00 bits per heavy atom. The number of hydrogen-bond acceptors (Lipinski definition) is 3. The Kier molecular flexibility index (Phi) is 3.92. The molecule has 3 unspecified atom stereocenters. The van der Waals surface area contributed by atoms with Gasteiger partial charge < -0.3 is 10.2 Å². The van der Waals surface area contributed by atoms with Crippen LogP contribution >= 0.6 is 0 Å². The van der Waals surface area contributed by atoms with E-state index in [0.717, 1.165) is 56.5 Å². The highest BCUT2D eigenvalue weighted by molar-refractivity contribution is 5.78. The van der Waals surface area contributed by atoms with E-state index in [1.807, 2.05) is 0 Å². The van der Waals surface area contributed by atoms with Gasteiger partial charge in [0, 0.05) is 32.2 Å². The third-order valence-electron chi connectivity index (χ3n) is 6.24. The molecule has 0 radical (unpaired) electrons. The van der Waals surface area contributed by atoms with Crippen molar-refractivity contribution in [1.82, 2.24) is 15.1 Å². The molecule has 1 N–H and O–H groups in total. The summed E-state index contributed by atoms with van der Waals surface area (Å²) in [5.41, 5.74) is 0. The van der Waals surface area contributed by atoms with Crippen molar-refractivity contribution >= 4 is 5.91 Å². The Balaban J connectivity index is 1.20. The van der Waals surface area contributed by atoms with Gasteiger partial charge in [-0.3, -0.25) is 9.69 Å². The van der Waals surface area contributed by atoms with Crippen LogP contribution in [0.25, 0.3) is 0 Å². The van der Waals surface area contributed by atoms with Crippen LogP contribution in [0.3, 0.4) is 0 Å². The van der Waals surface area contributed by atoms with Gasteiger partial charge in [0.15, 0.2) is 0 Å². The van der Waals surface area contributed by atoms with E-state index >= 15 is 0 Å². The number of nitrogens with one attached hydrogen (secondary N) is 1. The summed E-state index contributed by atoms with van der Waals surface area (Å²) < 4.78 is 0. The minimum atomic E-state index is 0.309. The van der Waals surface area contributed by atoms with Crippen molar-refractivity contribution < 1.29 is 4.79 Å². The van der Waals surface area contributed by atoms with E-state index in [1.54, 1.807) is 0 Å². The number of amides is 1. The van der Waals surface area contributed by atoms with Gasteiger partial charge in [-0.15, -0.1) is 0 Å². The molecule has 118 valence electrons. The summed E-state index contributed by atoms with van der Waals surface area (Å²) in [5.74, 6) is 3.15. The lowest BCUT2D eigenvalue weighted by molar-refractivity contribution is -0.132. The Labute approximate surface area is 128 Å². The molecule has 2 bridgehead atoms. The molecule has 3 aliphatic carbocycles. The molecule has 1 saturated heterocycles. The smallest absolute Gasteiger partial charge is 0.236 e. The molecule has 21 heavy (non-hydrogen) atoms. The summed E-state index contributed by atoms with van der Waals surface area (Å²) >= 11 is 0. The molecule has 1 heterocycles. The molecule has 0 aromatic rings. The maximum atomic E-state index is 12.2. The molecule has 0 aromatic carbocycles. The second-order valence-corrected chi connectivity index (χ2v) is 7.73. The highest BCUT2D eigenvalue weighted by Gasteiger charge is 2.42. The third kappa shape index (κ3) is 3.11. The Hall–Kier alpha value is -0.610. The van der Waals surface area contributed by atoms with Crippen LogP contribution < -0.4 is 5.32 Å². The molecular formula is C17H29N3O. The van der Waals surface area contributed by atoms with Gasteiger partial charge in [-0.2, -0.15) is 0 Å². The van der Waals surface area contributed by atoms with Crippen LogP contribution in [0.1, 0.15) is 38.5 Å². The number of rotatable bonds is 5. The van der Waals surface area contributed by atoms with Crippen LogP contribution in [0.4, 0.5) is 0 Å². The maximum Gasteiger partial charge on any atom is 0.236 e. The molecular weight excluding hydrogens is 262 g/mol. The number of carbonyl (C=O) groups is 1. The maximum absolute atomic E-state index is 12.2. The molecule has 4 fully saturated rings. The third-order valence-corrected chi connectivity index (χ3v) is 6.24. The summed E-state index contributed by atoms with van der Waals surface area (Å²) in [5, 5.41) is 3.33. The normalized spacial score (nSPS) is 36.4. The largest absolute Gasteiger partial charge is 0.339 e. The van der Waals surface area contributed by atoms with Crippen LogP contribution in [0, 0.1) is 17.8 Å². The van der Waals surface area contributed by atoms with Gasteiger partial charge in [-0.25, -0.2) is 0 Å². The molecule has 4 aliphatic rings. The SMILES string of the molecule is O=C(CNCC1CC1)N1CCN(C2CC3CCC2C3)CC1. The fourth-order valence-corrected chi connectivity index (χ4v) is 4.78. The second-order valence-electron chi connectivity index (χ2n) is 7.73. The molecule has 1 amide bonds. The number of piperazine rings is 1. The fourth-order valence-electron chi connectivity index (χ4n) is 4.78. The highest BCUT2D eigenvalue weighted by Crippen LogP contribution is 2.46. The molecule has 4 nitrogen and oxygen atoms in total. The van der Waals surface area contributed by atoms with Gasteiger partial charge in [-0.05, 0) is 56.4 Å². The van der Waals surface area contributed by atoms with E-state index in [1.165, 1.54) is 38.5 Å². The van der Waals surface area contributed by atoms with Gasteiger partial charge in [0.25, 0.3) is 0 Å². The quantitative estimate of drug-likeness (QED) is 0.830. The Morgan fingerprint density at radius 2 is 1.81 bits per heavy atom. The molecule has 4 rings (SSSR count). The first-order valence-electron chi connectivity index (χ1n) is 9.02. The fraction of sp³-hybridized carbons (Fsp3) is 0.941. The van der Waals surface area contributed by atoms with Crippen molar-refractivity contribution in [2.45, 2.75) is 44.6 Å². The highest BCUT2D eigenvalue weighted by atomic mass is 16.2. The van der Waals surface area contributed by atoms with Gasteiger partial charge in [-0.1, -0.05) is 6.42 Å². The Bertz CT molecular complexity index is 387. The lowest BCUT2D eigenvalue weighted by Crippen LogP contribution is -2.54. The zero-order valence-electron chi connectivity index (χ0n) is 13.1. The summed E-state index contributed by atoms with van der Waals surface area (Å²) in [6, 6.07) is 0.842. The standard InChI is InChI=1S/C17H29N3O/c21-17(12-18-11-13-1-2-13)20-7-5-19(6-8-20)16-10-14-3-4-15(16)9-14/h13-16,18H,1-12H2. The van der Waals surface area contributed by atoms with Crippen molar-refractivity contribution in [2.24, 2.45) is 17.8 Å². The topological polar surface area (TPSA) is 35.6 Å². The minimum absolute atomic E-state index is 0.309. The summed E-state index contributed by atoms with van der Waals surface area (Å²) in [4.78, 5) is 17.0. The monoisotopic (exact) mass is 291 g/mol. The zero-order valence-corrected chi connectivity index (χ0v) is 13.1. The van der Waals surface area contributed by atoms with Crippen molar-refractivity contribution in [1.29, 1.82) is 0 Å². The summed E-state index contributed by atoms with van der Waals surface area (Å²) in [6.45, 7) is 5.67. The molecule has 4 heteroatoms. The van der Waals surface area contributed by atoms with E-state index in [0.29, 0.717) is 12.5 Å². The predicted octanol–water partition coefficient (Wildman–Crippen LogP) is 1.32. The van der Waals surface area contributed by atoms with Crippen molar-refractivity contribution in [3.63, 3.8) is 0 Å². The average molecular weight is 291 g/mol. The van der Waals surface area contributed by atoms with E-state index in [9.17, 15) is 4.79 Å². The first kappa shape index (κ1) is 14.0. The number of fused-ring (bicyclic) bond motifs is 2. The van der Waals surface area contributed by atoms with Crippen LogP contribution in [-0.2, 0) is 4.79 Å². The molecule has 0 aromatic heterocycles. The lowest BCUT2D eigenvalue weighted by atomic mass is 9.93. The van der Waals surface area contributed by atoms with Crippen LogP contribution in [0.15, 0.2) is 0 Å². The van der Waals surface area contributed by atoms with Gasteiger partial charge >= 0.3 is 0 Å². The van der Waals surface area contributed by atoms with Gasteiger partial charge in [0.2, 0.25) is 5.91 Å². The lowest BCUT2D eigenvalue weighted by Gasteiger charge is -2.41. The van der Waals surface area contributed by atoms with E-state index < -0.39 is 0 Å². The summed E-state index contributed by atoms with van der Waals surface area (Å²) in [7, 11) is 0. The van der Waals surface area contributed by atoms with Crippen molar-refractivity contribution in [3.8, 4) is 0 Å². The molecule has 0 spiro atoms. The van der Waals surface area contributed by atoms with Crippen LogP contribution in [-0.4, -0.2) is 61.0 Å². The predicted molar refractivity (Wildman–Crippen MR) is 83.0 cm³/mol. The van der Waals surface area contributed by atoms with E-state index in [-0.39, 0.29) is 0 Å². The minimum Gasteiger partial charge on any atom is -0.339 e. The number of nitrogens with zero attached hydrogens (tertiary/aromatic N) is 2. The molecule has 3 atom stereocenters.